The molecular formula is C10H10O4. The summed E-state index contributed by atoms with van der Waals surface area (Å²) in [7, 11) is 0. The number of carbonyl (C=O) groups excluding carboxylic acids is 1. The largest absolute Gasteiger partial charge is 0.507 e. The van der Waals surface area contributed by atoms with E-state index >= 15 is 0 Å². The summed E-state index contributed by atoms with van der Waals surface area (Å²) in [6, 6.07) is 1.40. The number of aliphatic hydroxyl groups excluding tert-OH is 1. The number of phenolic OH excluding ortho intramolecular Hbond substituents is 1. The predicted molar refractivity (Wildman–Crippen MR) is 47.9 cm³/mol. The fourth-order valence-corrected chi connectivity index (χ4v) is 1.66. The van der Waals surface area contributed by atoms with Crippen LogP contribution in [-0.2, 0) is 18.0 Å². The first-order valence-corrected chi connectivity index (χ1v) is 4.27. The Bertz CT molecular complexity index is 409. The first-order chi connectivity index (χ1) is 6.65. The van der Waals surface area contributed by atoms with Crippen molar-refractivity contribution in [3.8, 4) is 5.75 Å². The van der Waals surface area contributed by atoms with Gasteiger partial charge in [-0.25, -0.2) is 4.79 Å². The molecule has 14 heavy (non-hydrogen) atoms. The molecule has 0 bridgehead atoms. The quantitative estimate of drug-likeness (QED) is 0.651. The SMILES string of the molecule is Cc1c(CO)cc(O)c2c1COC2=O. The lowest BCUT2D eigenvalue weighted by Crippen LogP contribution is -1.98. The Morgan fingerprint density at radius 3 is 2.93 bits per heavy atom. The van der Waals surface area contributed by atoms with Crippen LogP contribution in [0, 0.1) is 6.92 Å². The number of hydrogen-bond donors (Lipinski definition) is 2. The zero-order chi connectivity index (χ0) is 10.3. The van der Waals surface area contributed by atoms with Crippen molar-refractivity contribution in [2.24, 2.45) is 0 Å². The number of fused-ring (bicyclic) bond motifs is 1. The van der Waals surface area contributed by atoms with Crippen LogP contribution in [0.2, 0.25) is 0 Å². The predicted octanol–water partition coefficient (Wildman–Crippen LogP) is 0.863. The summed E-state index contributed by atoms with van der Waals surface area (Å²) in [6.07, 6.45) is 0. The highest BCUT2D eigenvalue weighted by atomic mass is 16.5. The second-order valence-electron chi connectivity index (χ2n) is 3.27. The van der Waals surface area contributed by atoms with E-state index in [1.54, 1.807) is 6.92 Å². The Kier molecular flexibility index (Phi) is 1.93. The molecule has 0 aliphatic carbocycles. The van der Waals surface area contributed by atoms with Gasteiger partial charge in [-0.1, -0.05) is 0 Å². The van der Waals surface area contributed by atoms with Crippen LogP contribution in [0.3, 0.4) is 0 Å². The minimum atomic E-state index is -0.495. The standard InChI is InChI=1S/C10H10O4/c1-5-6(3-11)2-8(12)9-7(5)4-14-10(9)13/h2,11-12H,3-4H2,1H3. The van der Waals surface area contributed by atoms with E-state index in [4.69, 9.17) is 9.84 Å². The van der Waals surface area contributed by atoms with Crippen LogP contribution in [0.5, 0.6) is 5.75 Å². The monoisotopic (exact) mass is 194 g/mol. The molecule has 0 saturated carbocycles. The van der Waals surface area contributed by atoms with Crippen molar-refractivity contribution in [3.05, 3.63) is 28.3 Å². The van der Waals surface area contributed by atoms with Gasteiger partial charge in [0.15, 0.2) is 0 Å². The molecule has 0 spiro atoms. The lowest BCUT2D eigenvalue weighted by Gasteiger charge is -2.07. The number of hydrogen-bond acceptors (Lipinski definition) is 4. The zero-order valence-electron chi connectivity index (χ0n) is 7.70. The van der Waals surface area contributed by atoms with Gasteiger partial charge in [-0.3, -0.25) is 0 Å². The maximum Gasteiger partial charge on any atom is 0.342 e. The van der Waals surface area contributed by atoms with Gasteiger partial charge in [0.1, 0.15) is 17.9 Å². The minimum Gasteiger partial charge on any atom is -0.507 e. The second kappa shape index (κ2) is 2.99. The molecule has 1 aliphatic rings. The maximum absolute atomic E-state index is 11.2. The Morgan fingerprint density at radius 2 is 2.29 bits per heavy atom. The maximum atomic E-state index is 11.2. The number of phenols is 1. The number of cyclic esters (lactones) is 1. The highest BCUT2D eigenvalue weighted by molar-refractivity contribution is 5.96. The van der Waals surface area contributed by atoms with Crippen molar-refractivity contribution < 1.29 is 19.7 Å². The summed E-state index contributed by atoms with van der Waals surface area (Å²) in [5, 5.41) is 18.5. The molecule has 4 nitrogen and oxygen atoms in total. The third kappa shape index (κ3) is 1.08. The number of aromatic hydroxyl groups is 1. The van der Waals surface area contributed by atoms with Crippen LogP contribution in [-0.4, -0.2) is 16.2 Å². The Hall–Kier alpha value is -1.55. The molecular weight excluding hydrogens is 184 g/mol. The van der Waals surface area contributed by atoms with E-state index in [9.17, 15) is 9.90 Å². The van der Waals surface area contributed by atoms with Gasteiger partial charge in [0, 0.05) is 5.56 Å². The number of carbonyl (C=O) groups is 1. The molecule has 1 heterocycles. The van der Waals surface area contributed by atoms with Gasteiger partial charge in [0.05, 0.1) is 6.61 Å². The summed E-state index contributed by atoms with van der Waals surface area (Å²) in [4.78, 5) is 11.2. The number of ether oxygens (including phenoxy) is 1. The molecule has 4 heteroatoms. The summed E-state index contributed by atoms with van der Waals surface area (Å²) in [5.74, 6) is -0.609. The van der Waals surface area contributed by atoms with E-state index in [2.05, 4.69) is 0 Å². The van der Waals surface area contributed by atoms with Crippen LogP contribution in [0.15, 0.2) is 6.07 Å². The molecule has 0 amide bonds. The van der Waals surface area contributed by atoms with Gasteiger partial charge < -0.3 is 14.9 Å². The average molecular weight is 194 g/mol. The van der Waals surface area contributed by atoms with Gasteiger partial charge in [-0.15, -0.1) is 0 Å². The molecule has 0 radical (unpaired) electrons. The fourth-order valence-electron chi connectivity index (χ4n) is 1.66. The smallest absolute Gasteiger partial charge is 0.342 e. The van der Waals surface area contributed by atoms with Crippen molar-refractivity contribution in [1.29, 1.82) is 0 Å². The van der Waals surface area contributed by atoms with E-state index in [0.29, 0.717) is 11.1 Å². The van der Waals surface area contributed by atoms with E-state index in [0.717, 1.165) is 5.56 Å². The van der Waals surface area contributed by atoms with Crippen molar-refractivity contribution in [2.75, 3.05) is 0 Å². The number of rotatable bonds is 1. The Morgan fingerprint density at radius 1 is 1.57 bits per heavy atom. The van der Waals surface area contributed by atoms with Crippen molar-refractivity contribution in [1.82, 2.24) is 0 Å². The molecule has 1 aromatic rings. The van der Waals surface area contributed by atoms with Gasteiger partial charge >= 0.3 is 5.97 Å². The summed E-state index contributed by atoms with van der Waals surface area (Å²) in [5.41, 5.74) is 2.35. The lowest BCUT2D eigenvalue weighted by atomic mass is 9.98. The van der Waals surface area contributed by atoms with E-state index in [1.807, 2.05) is 0 Å². The fraction of sp³-hybridized carbons (Fsp3) is 0.300. The van der Waals surface area contributed by atoms with Gasteiger partial charge in [-0.2, -0.15) is 0 Å². The average Bonchev–Trinajstić information content (AvgIpc) is 2.54. The van der Waals surface area contributed by atoms with Gasteiger partial charge in [0.2, 0.25) is 0 Å². The molecule has 2 N–H and O–H groups in total. The van der Waals surface area contributed by atoms with Crippen molar-refractivity contribution >= 4 is 5.97 Å². The highest BCUT2D eigenvalue weighted by Gasteiger charge is 2.27. The minimum absolute atomic E-state index is 0.114. The Labute approximate surface area is 80.7 Å². The summed E-state index contributed by atoms with van der Waals surface area (Å²) >= 11 is 0. The molecule has 0 aromatic heterocycles. The molecule has 0 unspecified atom stereocenters. The summed E-state index contributed by atoms with van der Waals surface area (Å²) < 4.78 is 4.80. The van der Waals surface area contributed by atoms with Crippen LogP contribution in [0.25, 0.3) is 0 Å². The van der Waals surface area contributed by atoms with Gasteiger partial charge in [0.25, 0.3) is 0 Å². The molecule has 0 fully saturated rings. The van der Waals surface area contributed by atoms with E-state index in [1.165, 1.54) is 6.07 Å². The van der Waals surface area contributed by atoms with Crippen LogP contribution in [0.4, 0.5) is 0 Å². The number of aliphatic hydroxyl groups is 1. The van der Waals surface area contributed by atoms with E-state index in [-0.39, 0.29) is 24.5 Å². The molecule has 74 valence electrons. The molecule has 0 saturated heterocycles. The number of esters is 1. The van der Waals surface area contributed by atoms with E-state index < -0.39 is 5.97 Å². The third-order valence-corrected chi connectivity index (χ3v) is 2.53. The van der Waals surface area contributed by atoms with Crippen LogP contribution in [0.1, 0.15) is 27.0 Å². The lowest BCUT2D eigenvalue weighted by molar-refractivity contribution is 0.0533. The Balaban J connectivity index is 2.70. The van der Waals surface area contributed by atoms with Crippen molar-refractivity contribution in [3.63, 3.8) is 0 Å². The third-order valence-electron chi connectivity index (χ3n) is 2.53. The number of benzene rings is 1. The first-order valence-electron chi connectivity index (χ1n) is 4.27. The van der Waals surface area contributed by atoms with Crippen LogP contribution < -0.4 is 0 Å². The van der Waals surface area contributed by atoms with Crippen LogP contribution >= 0.6 is 0 Å². The molecule has 1 aliphatic heterocycles. The molecule has 0 atom stereocenters. The summed E-state index contributed by atoms with van der Waals surface area (Å²) in [6.45, 7) is 1.83. The normalized spacial score (nSPS) is 14.0. The van der Waals surface area contributed by atoms with Gasteiger partial charge in [-0.05, 0) is 24.1 Å². The molecule has 2 rings (SSSR count). The topological polar surface area (TPSA) is 66.8 Å². The highest BCUT2D eigenvalue weighted by Crippen LogP contribution is 2.33. The van der Waals surface area contributed by atoms with Crippen molar-refractivity contribution in [2.45, 2.75) is 20.1 Å². The zero-order valence-corrected chi connectivity index (χ0v) is 7.70. The first kappa shape index (κ1) is 9.02. The molecule has 1 aromatic carbocycles. The second-order valence-corrected chi connectivity index (χ2v) is 3.27.